The highest BCUT2D eigenvalue weighted by Gasteiger charge is 2.59. The van der Waals surface area contributed by atoms with Gasteiger partial charge in [0.2, 0.25) is 11.8 Å². The second-order valence-corrected chi connectivity index (χ2v) is 18.6. The predicted octanol–water partition coefficient (Wildman–Crippen LogP) is 6.78. The number of ether oxygens (including phenoxy) is 2. The summed E-state index contributed by atoms with van der Waals surface area (Å²) in [5.41, 5.74) is 5.66. The van der Waals surface area contributed by atoms with Crippen molar-refractivity contribution in [1.29, 1.82) is 0 Å². The summed E-state index contributed by atoms with van der Waals surface area (Å²) < 4.78 is 11.0. The topological polar surface area (TPSA) is 186 Å². The van der Waals surface area contributed by atoms with Crippen LogP contribution in [0.1, 0.15) is 88.9 Å². The Bertz CT molecular complexity index is 2340. The van der Waals surface area contributed by atoms with Crippen molar-refractivity contribution >= 4 is 24.0 Å². The van der Waals surface area contributed by atoms with Crippen LogP contribution in [0.25, 0.3) is 33.6 Å². The van der Waals surface area contributed by atoms with Gasteiger partial charge in [0.15, 0.2) is 0 Å². The quantitative estimate of drug-likeness (QED) is 0.127. The Labute approximate surface area is 354 Å². The molecule has 4 amide bonds. The van der Waals surface area contributed by atoms with E-state index in [-0.39, 0.29) is 53.4 Å². The summed E-state index contributed by atoms with van der Waals surface area (Å²) in [5.74, 6) is 1.93. The Hall–Kier alpha value is -5.70. The van der Waals surface area contributed by atoms with E-state index in [0.29, 0.717) is 24.9 Å². The maximum absolute atomic E-state index is 14.4. The van der Waals surface area contributed by atoms with Crippen LogP contribution in [0.2, 0.25) is 0 Å². The first-order valence-corrected chi connectivity index (χ1v) is 21.8. The Morgan fingerprint density at radius 1 is 0.820 bits per heavy atom. The van der Waals surface area contributed by atoms with E-state index < -0.39 is 24.3 Å². The Balaban J connectivity index is 0.810. The minimum atomic E-state index is -1.11. The van der Waals surface area contributed by atoms with E-state index in [1.807, 2.05) is 36.0 Å². The molecule has 3 aliphatic heterocycles. The lowest BCUT2D eigenvalue weighted by Crippen LogP contribution is -2.54. The van der Waals surface area contributed by atoms with Crippen molar-refractivity contribution < 1.29 is 33.8 Å². The third kappa shape index (κ3) is 7.23. The summed E-state index contributed by atoms with van der Waals surface area (Å²) in [4.78, 5) is 74.2. The van der Waals surface area contributed by atoms with Crippen molar-refractivity contribution in [1.82, 2.24) is 40.0 Å². The molecule has 0 bridgehead atoms. The number of carbonyl (C=O) groups excluding carboxylic acids is 3. The molecule has 3 saturated heterocycles. The number of aromatic amines is 2. The normalized spacial score (nSPS) is 27.6. The van der Waals surface area contributed by atoms with Crippen molar-refractivity contribution in [2.24, 2.45) is 23.7 Å². The number of amides is 4. The lowest BCUT2D eigenvalue weighted by Gasteiger charge is -2.37. The molecule has 9 atom stereocenters. The number of aromatic nitrogens is 4. The average Bonchev–Trinajstić information content (AvgIpc) is 4.15. The van der Waals surface area contributed by atoms with Crippen molar-refractivity contribution in [3.63, 3.8) is 0 Å². The highest BCUT2D eigenvalue weighted by Crippen LogP contribution is 2.55. The van der Waals surface area contributed by atoms with Gasteiger partial charge in [-0.3, -0.25) is 14.5 Å². The van der Waals surface area contributed by atoms with Crippen LogP contribution < -0.4 is 5.32 Å². The molecule has 15 nitrogen and oxygen atoms in total. The van der Waals surface area contributed by atoms with Gasteiger partial charge < -0.3 is 39.7 Å². The molecular weight excluding hydrogens is 777 g/mol. The average molecular weight is 831 g/mol. The Kier molecular flexibility index (Phi) is 9.72. The zero-order valence-corrected chi connectivity index (χ0v) is 35.0. The molecule has 3 aliphatic carbocycles. The summed E-state index contributed by atoms with van der Waals surface area (Å²) in [6.45, 7) is 4.36. The van der Waals surface area contributed by atoms with Crippen LogP contribution in [0.5, 0.6) is 0 Å². The van der Waals surface area contributed by atoms with E-state index in [0.717, 1.165) is 95.1 Å². The van der Waals surface area contributed by atoms with Crippen molar-refractivity contribution in [3.05, 3.63) is 72.6 Å². The van der Waals surface area contributed by atoms with Gasteiger partial charge in [0.05, 0.1) is 48.6 Å². The fourth-order valence-corrected chi connectivity index (χ4v) is 10.8. The van der Waals surface area contributed by atoms with Crippen LogP contribution in [-0.2, 0) is 19.1 Å². The fourth-order valence-electron chi connectivity index (χ4n) is 10.8. The SMILES string of the molecule is COC(=O)NC(C(=O)N1[C@@H]2C[C@H]2C[C@H]1c1ncc(-c2ccc(-c3ccc(-c4cnc([C@@H]5C[C@H]6C[C@H]6N5C(=O)[C@H](C(C)C)N(C)C(=O)O)[nH]4)cc3)cc2)[nH]1)C1CCOC2(CC2)C1. The van der Waals surface area contributed by atoms with Crippen molar-refractivity contribution in [3.8, 4) is 33.6 Å². The van der Waals surface area contributed by atoms with Gasteiger partial charge >= 0.3 is 12.2 Å². The van der Waals surface area contributed by atoms with E-state index in [1.54, 1.807) is 0 Å². The van der Waals surface area contributed by atoms with Crippen LogP contribution in [0, 0.1) is 23.7 Å². The summed E-state index contributed by atoms with van der Waals surface area (Å²) in [7, 11) is 2.80. The van der Waals surface area contributed by atoms with Crippen molar-refractivity contribution in [2.75, 3.05) is 20.8 Å². The molecule has 2 aromatic carbocycles. The van der Waals surface area contributed by atoms with Gasteiger partial charge in [-0.25, -0.2) is 19.6 Å². The van der Waals surface area contributed by atoms with Crippen LogP contribution in [0.15, 0.2) is 60.9 Å². The number of nitrogens with zero attached hydrogens (tertiary/aromatic N) is 5. The molecule has 6 fully saturated rings. The number of carbonyl (C=O) groups is 4. The maximum Gasteiger partial charge on any atom is 0.407 e. The molecule has 61 heavy (non-hydrogen) atoms. The number of likely N-dealkylation sites (N-methyl/N-ethyl adjacent to an activating group) is 1. The van der Waals surface area contributed by atoms with Gasteiger partial charge in [-0.05, 0) is 97.3 Å². The Morgan fingerprint density at radius 2 is 1.33 bits per heavy atom. The first-order chi connectivity index (χ1) is 29.4. The second kappa shape index (κ2) is 15.0. The van der Waals surface area contributed by atoms with E-state index in [4.69, 9.17) is 19.4 Å². The molecular formula is C46H54N8O7. The first kappa shape index (κ1) is 39.4. The lowest BCUT2D eigenvalue weighted by atomic mass is 9.86. The summed E-state index contributed by atoms with van der Waals surface area (Å²) in [6.07, 6.45) is 8.99. The molecule has 6 aliphatic rings. The van der Waals surface area contributed by atoms with Crippen molar-refractivity contribution in [2.45, 2.75) is 107 Å². The molecule has 5 heterocycles. The first-order valence-electron chi connectivity index (χ1n) is 21.8. The predicted molar refractivity (Wildman–Crippen MR) is 224 cm³/mol. The number of nitrogens with one attached hydrogen (secondary N) is 3. The number of hydrogen-bond acceptors (Lipinski definition) is 8. The standard InChI is InChI=1S/C46H54N8O7/c1-24(2)39(52(3)45(58)59)43(56)54-35-18-31(35)20-37(54)41-48-23-33(50-41)28-11-7-26(8-12-28)25-5-9-27(10-6-25)32-22-47-40(49-32)36-19-30-17-34(30)53(36)42(55)38(51-44(57)60-4)29-13-16-61-46(21-29)14-15-46/h5-12,22-24,29-31,34-39H,13-21H2,1-4H3,(H,47,49)(H,48,50)(H,51,57)(H,58,59)/t29?,30-,31+,34+,35+,36-,37-,38?,39-/m0/s1. The van der Waals surface area contributed by atoms with Gasteiger partial charge in [0.25, 0.3) is 0 Å². The molecule has 1 spiro atoms. The summed E-state index contributed by atoms with van der Waals surface area (Å²) in [5, 5.41) is 12.6. The molecule has 320 valence electrons. The van der Waals surface area contributed by atoms with Gasteiger partial charge in [-0.15, -0.1) is 0 Å². The Morgan fingerprint density at radius 3 is 1.80 bits per heavy atom. The highest BCUT2D eigenvalue weighted by molar-refractivity contribution is 5.88. The van der Waals surface area contributed by atoms with E-state index in [9.17, 15) is 24.3 Å². The third-order valence-electron chi connectivity index (χ3n) is 14.4. The maximum atomic E-state index is 14.4. The van der Waals surface area contributed by atoms with Gasteiger partial charge in [-0.2, -0.15) is 0 Å². The van der Waals surface area contributed by atoms with E-state index in [1.165, 1.54) is 14.2 Å². The number of methoxy groups -OCH3 is 1. The number of hydrogen-bond donors (Lipinski definition) is 4. The number of piperidine rings is 2. The number of alkyl carbamates (subject to hydrolysis) is 1. The van der Waals surface area contributed by atoms with E-state index >= 15 is 0 Å². The zero-order chi connectivity index (χ0) is 42.3. The van der Waals surface area contributed by atoms with Gasteiger partial charge in [-0.1, -0.05) is 62.4 Å². The summed E-state index contributed by atoms with van der Waals surface area (Å²) >= 11 is 0. The molecule has 15 heteroatoms. The molecule has 10 rings (SSSR count). The monoisotopic (exact) mass is 830 g/mol. The minimum absolute atomic E-state index is 0.0156. The molecule has 0 radical (unpaired) electrons. The summed E-state index contributed by atoms with van der Waals surface area (Å²) in [6, 6.07) is 15.0. The minimum Gasteiger partial charge on any atom is -0.465 e. The number of carboxylic acid groups (broad SMARTS) is 1. The fraction of sp³-hybridized carbons (Fsp3) is 0.522. The van der Waals surface area contributed by atoms with Crippen LogP contribution >= 0.6 is 0 Å². The highest BCUT2D eigenvalue weighted by atomic mass is 16.5. The van der Waals surface area contributed by atoms with Crippen LogP contribution in [-0.4, -0.2) is 114 Å². The lowest BCUT2D eigenvalue weighted by molar-refractivity contribution is -0.140. The van der Waals surface area contributed by atoms with Gasteiger partial charge in [0, 0.05) is 25.7 Å². The molecule has 2 aromatic heterocycles. The molecule has 4 N–H and O–H groups in total. The smallest absolute Gasteiger partial charge is 0.407 e. The number of imidazole rings is 2. The number of benzene rings is 2. The number of rotatable bonds is 11. The second-order valence-electron chi connectivity index (χ2n) is 18.6. The number of H-pyrrole nitrogens is 2. The third-order valence-corrected chi connectivity index (χ3v) is 14.4. The number of fused-ring (bicyclic) bond motifs is 2. The van der Waals surface area contributed by atoms with E-state index in [2.05, 4.69) is 63.8 Å². The largest absolute Gasteiger partial charge is 0.465 e. The molecule has 3 saturated carbocycles. The number of likely N-dealkylation sites (tertiary alicyclic amines) is 2. The zero-order valence-electron chi connectivity index (χ0n) is 35.0. The van der Waals surface area contributed by atoms with Crippen LogP contribution in [0.4, 0.5) is 9.59 Å². The van der Waals surface area contributed by atoms with Gasteiger partial charge in [0.1, 0.15) is 23.7 Å². The molecule has 4 aromatic rings. The molecule has 2 unspecified atom stereocenters. The van der Waals surface area contributed by atoms with Crippen LogP contribution in [0.3, 0.4) is 0 Å².